The number of nitrogens with one attached hydrogen (secondary N) is 1. The summed E-state index contributed by atoms with van der Waals surface area (Å²) >= 11 is 3.29. The number of hydrogen-bond donors (Lipinski definition) is 3. The van der Waals surface area contributed by atoms with Crippen LogP contribution in [0, 0.1) is 0 Å². The largest absolute Gasteiger partial charge is 0.493 e. The lowest BCUT2D eigenvalue weighted by Gasteiger charge is -2.08. The zero-order chi connectivity index (χ0) is 14.3. The first-order chi connectivity index (χ1) is 8.99. The molecule has 3 N–H and O–H groups in total. The molecule has 0 spiro atoms. The number of rotatable bonds is 7. The van der Waals surface area contributed by atoms with E-state index in [1.807, 2.05) is 12.1 Å². The Morgan fingerprint density at radius 3 is 2.53 bits per heavy atom. The molecule has 1 aromatic carbocycles. The van der Waals surface area contributed by atoms with Gasteiger partial charge >= 0.3 is 5.97 Å². The Bertz CT molecular complexity index is 434. The zero-order valence-corrected chi connectivity index (χ0v) is 11.6. The van der Waals surface area contributed by atoms with Crippen LogP contribution in [0.3, 0.4) is 0 Å². The maximum absolute atomic E-state index is 11.3. The number of aliphatic hydroxyl groups excluding tert-OH is 1. The van der Waals surface area contributed by atoms with E-state index >= 15 is 0 Å². The van der Waals surface area contributed by atoms with Crippen LogP contribution in [0.2, 0.25) is 0 Å². The second kappa shape index (κ2) is 7.75. The van der Waals surface area contributed by atoms with E-state index in [0.717, 1.165) is 4.47 Å². The van der Waals surface area contributed by atoms with Gasteiger partial charge in [0.05, 0.1) is 19.6 Å². The minimum absolute atomic E-state index is 0.0857. The molecule has 104 valence electrons. The van der Waals surface area contributed by atoms with Gasteiger partial charge in [-0.2, -0.15) is 0 Å². The monoisotopic (exact) mass is 331 g/mol. The van der Waals surface area contributed by atoms with Crippen LogP contribution < -0.4 is 10.1 Å². The highest BCUT2D eigenvalue weighted by Crippen LogP contribution is 2.16. The van der Waals surface area contributed by atoms with Crippen LogP contribution in [0.25, 0.3) is 0 Å². The fourth-order valence-electron chi connectivity index (χ4n) is 1.18. The van der Waals surface area contributed by atoms with Crippen molar-refractivity contribution in [1.82, 2.24) is 5.32 Å². The highest BCUT2D eigenvalue weighted by Gasteiger charge is 2.13. The van der Waals surface area contributed by atoms with Gasteiger partial charge in [-0.1, -0.05) is 15.9 Å². The SMILES string of the molecule is O=C(CCOc1ccc(Br)cc1)NCC(O)C(=O)O. The van der Waals surface area contributed by atoms with E-state index in [-0.39, 0.29) is 25.5 Å². The summed E-state index contributed by atoms with van der Waals surface area (Å²) in [6.07, 6.45) is -1.50. The second-order valence-corrected chi connectivity index (χ2v) is 4.63. The normalized spacial score (nSPS) is 11.7. The first-order valence-electron chi connectivity index (χ1n) is 5.55. The molecule has 0 saturated carbocycles. The first-order valence-corrected chi connectivity index (χ1v) is 6.34. The van der Waals surface area contributed by atoms with E-state index < -0.39 is 12.1 Å². The van der Waals surface area contributed by atoms with Crippen molar-refractivity contribution >= 4 is 27.8 Å². The molecule has 0 fully saturated rings. The number of aliphatic hydroxyl groups is 1. The molecule has 0 radical (unpaired) electrons. The molecular formula is C12H14BrNO5. The van der Waals surface area contributed by atoms with Crippen LogP contribution in [0.5, 0.6) is 5.75 Å². The average molecular weight is 332 g/mol. The second-order valence-electron chi connectivity index (χ2n) is 3.71. The third-order valence-electron chi connectivity index (χ3n) is 2.19. The van der Waals surface area contributed by atoms with Crippen LogP contribution in [0.4, 0.5) is 0 Å². The van der Waals surface area contributed by atoms with Crippen molar-refractivity contribution in [3.8, 4) is 5.75 Å². The van der Waals surface area contributed by atoms with Crippen molar-refractivity contribution in [2.24, 2.45) is 0 Å². The van der Waals surface area contributed by atoms with Crippen molar-refractivity contribution in [3.05, 3.63) is 28.7 Å². The number of carbonyl (C=O) groups excluding carboxylic acids is 1. The Labute approximate surface area is 118 Å². The maximum atomic E-state index is 11.3. The van der Waals surface area contributed by atoms with E-state index in [9.17, 15) is 9.59 Å². The Morgan fingerprint density at radius 1 is 1.32 bits per heavy atom. The molecule has 0 aliphatic carbocycles. The molecule has 1 amide bonds. The highest BCUT2D eigenvalue weighted by molar-refractivity contribution is 9.10. The number of carbonyl (C=O) groups is 2. The lowest BCUT2D eigenvalue weighted by Crippen LogP contribution is -2.36. The maximum Gasteiger partial charge on any atom is 0.334 e. The summed E-state index contributed by atoms with van der Waals surface area (Å²) in [6.45, 7) is -0.136. The number of halogens is 1. The summed E-state index contributed by atoms with van der Waals surface area (Å²) in [6, 6.07) is 7.16. The third-order valence-corrected chi connectivity index (χ3v) is 2.72. The minimum atomic E-state index is -1.59. The molecule has 19 heavy (non-hydrogen) atoms. The van der Waals surface area contributed by atoms with E-state index in [4.69, 9.17) is 14.9 Å². The molecule has 0 aromatic heterocycles. The van der Waals surface area contributed by atoms with Crippen molar-refractivity contribution in [2.45, 2.75) is 12.5 Å². The number of carboxylic acids is 1. The number of aliphatic carboxylic acids is 1. The van der Waals surface area contributed by atoms with E-state index in [1.54, 1.807) is 12.1 Å². The third kappa shape index (κ3) is 6.21. The fraction of sp³-hybridized carbons (Fsp3) is 0.333. The Hall–Kier alpha value is -1.60. The lowest BCUT2D eigenvalue weighted by molar-refractivity contribution is -0.146. The topological polar surface area (TPSA) is 95.9 Å². The number of amides is 1. The fourth-order valence-corrected chi connectivity index (χ4v) is 1.44. The van der Waals surface area contributed by atoms with Crippen molar-refractivity contribution in [1.29, 1.82) is 0 Å². The molecule has 7 heteroatoms. The number of ether oxygens (including phenoxy) is 1. The van der Waals surface area contributed by atoms with Crippen LogP contribution in [0.15, 0.2) is 28.7 Å². The van der Waals surface area contributed by atoms with Gasteiger partial charge < -0.3 is 20.3 Å². The highest BCUT2D eigenvalue weighted by atomic mass is 79.9. The average Bonchev–Trinajstić information content (AvgIpc) is 2.38. The lowest BCUT2D eigenvalue weighted by atomic mass is 10.3. The summed E-state index contributed by atoms with van der Waals surface area (Å²) in [5.74, 6) is -1.11. The molecule has 0 saturated heterocycles. The molecule has 1 unspecified atom stereocenters. The van der Waals surface area contributed by atoms with Gasteiger partial charge in [0.2, 0.25) is 5.91 Å². The molecule has 0 heterocycles. The summed E-state index contributed by atoms with van der Waals surface area (Å²) < 4.78 is 6.26. The summed E-state index contributed by atoms with van der Waals surface area (Å²) in [5.41, 5.74) is 0. The Balaban J connectivity index is 2.20. The molecule has 0 aliphatic heterocycles. The molecular weight excluding hydrogens is 318 g/mol. The van der Waals surface area contributed by atoms with Gasteiger partial charge in [0, 0.05) is 4.47 Å². The van der Waals surface area contributed by atoms with Gasteiger partial charge in [-0.15, -0.1) is 0 Å². The van der Waals surface area contributed by atoms with Gasteiger partial charge in [-0.25, -0.2) is 4.79 Å². The summed E-state index contributed by atoms with van der Waals surface area (Å²) in [7, 11) is 0. The van der Waals surface area contributed by atoms with Gasteiger partial charge in [0.1, 0.15) is 5.75 Å². The molecule has 1 rings (SSSR count). The number of carboxylic acid groups (broad SMARTS) is 1. The van der Waals surface area contributed by atoms with Crippen molar-refractivity contribution in [3.63, 3.8) is 0 Å². The summed E-state index contributed by atoms with van der Waals surface area (Å²) in [4.78, 5) is 21.6. The van der Waals surface area contributed by atoms with Crippen LogP contribution in [-0.4, -0.2) is 41.3 Å². The number of benzene rings is 1. The molecule has 1 aromatic rings. The smallest absolute Gasteiger partial charge is 0.334 e. The molecule has 1 atom stereocenters. The van der Waals surface area contributed by atoms with E-state index in [1.165, 1.54) is 0 Å². The van der Waals surface area contributed by atoms with E-state index in [0.29, 0.717) is 5.75 Å². The van der Waals surface area contributed by atoms with E-state index in [2.05, 4.69) is 21.2 Å². The zero-order valence-electron chi connectivity index (χ0n) is 10.0. The van der Waals surface area contributed by atoms with Gasteiger partial charge in [0.15, 0.2) is 6.10 Å². The van der Waals surface area contributed by atoms with Crippen molar-refractivity contribution < 1.29 is 24.5 Å². The quantitative estimate of drug-likeness (QED) is 0.686. The standard InChI is InChI=1S/C12H14BrNO5/c13-8-1-3-9(4-2-8)19-6-5-11(16)14-7-10(15)12(17)18/h1-4,10,15H,5-7H2,(H,14,16)(H,17,18). The van der Waals surface area contributed by atoms with Gasteiger partial charge in [0.25, 0.3) is 0 Å². The molecule has 0 aliphatic rings. The van der Waals surface area contributed by atoms with Crippen LogP contribution >= 0.6 is 15.9 Å². The number of hydrogen-bond acceptors (Lipinski definition) is 4. The predicted molar refractivity (Wildman–Crippen MR) is 70.9 cm³/mol. The van der Waals surface area contributed by atoms with Crippen LogP contribution in [0.1, 0.15) is 6.42 Å². The minimum Gasteiger partial charge on any atom is -0.493 e. The Morgan fingerprint density at radius 2 is 1.95 bits per heavy atom. The predicted octanol–water partition coefficient (Wildman–Crippen LogP) is 0.780. The van der Waals surface area contributed by atoms with Crippen molar-refractivity contribution in [2.75, 3.05) is 13.2 Å². The molecule has 6 nitrogen and oxygen atoms in total. The Kier molecular flexibility index (Phi) is 6.31. The van der Waals surface area contributed by atoms with Gasteiger partial charge in [-0.05, 0) is 24.3 Å². The van der Waals surface area contributed by atoms with Gasteiger partial charge in [-0.3, -0.25) is 4.79 Å². The molecule has 0 bridgehead atoms. The first kappa shape index (κ1) is 15.5. The summed E-state index contributed by atoms with van der Waals surface area (Å²) in [5, 5.41) is 19.7. The van der Waals surface area contributed by atoms with Crippen LogP contribution in [-0.2, 0) is 9.59 Å².